The Morgan fingerprint density at radius 3 is 2.79 bits per heavy atom. The summed E-state index contributed by atoms with van der Waals surface area (Å²) in [5.41, 5.74) is 5.75. The SMILES string of the molecule is CCOC(=O)C1=c2s/c(=C\C(=O)OC)c(=O)n2C(N)=C(C#N)[C@H]1c1cccs1. The minimum absolute atomic E-state index is 0.0377. The molecule has 0 spiro atoms. The predicted molar refractivity (Wildman–Crippen MR) is 104 cm³/mol. The Morgan fingerprint density at radius 1 is 1.46 bits per heavy atom. The molecule has 28 heavy (non-hydrogen) atoms. The zero-order valence-electron chi connectivity index (χ0n) is 14.9. The van der Waals surface area contributed by atoms with Gasteiger partial charge < -0.3 is 15.2 Å². The average Bonchev–Trinajstić information content (AvgIpc) is 3.30. The quantitative estimate of drug-likeness (QED) is 0.699. The van der Waals surface area contributed by atoms with Crippen molar-refractivity contribution in [2.45, 2.75) is 12.8 Å². The molecular formula is C18H15N3O5S2. The fraction of sp³-hybridized carbons (Fsp3) is 0.222. The molecule has 0 fully saturated rings. The summed E-state index contributed by atoms with van der Waals surface area (Å²) in [6.07, 6.45) is 1.03. The molecule has 0 radical (unpaired) electrons. The molecule has 2 aromatic rings. The van der Waals surface area contributed by atoms with E-state index in [1.165, 1.54) is 18.4 Å². The second-order valence-corrected chi connectivity index (χ2v) is 7.58. The van der Waals surface area contributed by atoms with Gasteiger partial charge in [-0.3, -0.25) is 9.36 Å². The third kappa shape index (κ3) is 3.15. The molecule has 144 valence electrons. The molecule has 0 saturated carbocycles. The van der Waals surface area contributed by atoms with Crippen LogP contribution in [0.25, 0.3) is 17.5 Å². The van der Waals surface area contributed by atoms with Crippen molar-refractivity contribution in [3.8, 4) is 6.07 Å². The van der Waals surface area contributed by atoms with Gasteiger partial charge in [0.05, 0.1) is 36.9 Å². The number of ether oxygens (including phenoxy) is 2. The molecule has 0 bridgehead atoms. The van der Waals surface area contributed by atoms with Crippen LogP contribution in [0.15, 0.2) is 27.9 Å². The summed E-state index contributed by atoms with van der Waals surface area (Å²) in [7, 11) is 1.19. The van der Waals surface area contributed by atoms with Crippen LogP contribution >= 0.6 is 22.7 Å². The lowest BCUT2D eigenvalue weighted by atomic mass is 9.88. The van der Waals surface area contributed by atoms with E-state index < -0.39 is 23.4 Å². The second kappa shape index (κ2) is 7.84. The van der Waals surface area contributed by atoms with E-state index in [1.807, 2.05) is 11.4 Å². The number of hydrogen-bond acceptors (Lipinski definition) is 9. The highest BCUT2D eigenvalue weighted by Gasteiger charge is 2.36. The summed E-state index contributed by atoms with van der Waals surface area (Å²) in [4.78, 5) is 37.9. The Hall–Kier alpha value is -3.16. The maximum absolute atomic E-state index is 12.8. The molecule has 2 aromatic heterocycles. The van der Waals surface area contributed by atoms with Crippen molar-refractivity contribution < 1.29 is 19.1 Å². The number of aromatic nitrogens is 1. The first-order chi connectivity index (χ1) is 13.4. The third-order valence-corrected chi connectivity index (χ3v) is 6.09. The topological polar surface area (TPSA) is 124 Å². The van der Waals surface area contributed by atoms with Gasteiger partial charge in [-0.1, -0.05) is 6.07 Å². The molecule has 1 aliphatic rings. The van der Waals surface area contributed by atoms with Gasteiger partial charge in [-0.05, 0) is 18.4 Å². The highest BCUT2D eigenvalue weighted by molar-refractivity contribution is 7.10. The highest BCUT2D eigenvalue weighted by atomic mass is 32.1. The Morgan fingerprint density at radius 2 is 2.21 bits per heavy atom. The number of fused-ring (bicyclic) bond motifs is 1. The Bertz CT molecular complexity index is 1200. The van der Waals surface area contributed by atoms with E-state index in [0.29, 0.717) is 4.88 Å². The van der Waals surface area contributed by atoms with Crippen molar-refractivity contribution in [3.63, 3.8) is 0 Å². The number of thiophene rings is 1. The van der Waals surface area contributed by atoms with Crippen LogP contribution in [0.3, 0.4) is 0 Å². The Labute approximate surface area is 167 Å². The van der Waals surface area contributed by atoms with Crippen LogP contribution in [0.2, 0.25) is 0 Å². The van der Waals surface area contributed by atoms with E-state index in [9.17, 15) is 19.6 Å². The summed E-state index contributed by atoms with van der Waals surface area (Å²) >= 11 is 2.28. The molecule has 3 rings (SSSR count). The monoisotopic (exact) mass is 417 g/mol. The van der Waals surface area contributed by atoms with Crippen molar-refractivity contribution in [2.75, 3.05) is 13.7 Å². The number of thiazole rings is 1. The summed E-state index contributed by atoms with van der Waals surface area (Å²) in [5, 5.41) is 11.5. The predicted octanol–water partition coefficient (Wildman–Crippen LogP) is 0.0869. The number of carbonyl (C=O) groups is 2. The maximum atomic E-state index is 12.8. The van der Waals surface area contributed by atoms with Gasteiger partial charge in [0.15, 0.2) is 0 Å². The summed E-state index contributed by atoms with van der Waals surface area (Å²) in [6, 6.07) is 5.60. The van der Waals surface area contributed by atoms with Crippen molar-refractivity contribution in [1.29, 1.82) is 5.26 Å². The molecule has 1 aliphatic heterocycles. The molecule has 0 amide bonds. The smallest absolute Gasteiger partial charge is 0.338 e. The lowest BCUT2D eigenvalue weighted by Gasteiger charge is -2.23. The van der Waals surface area contributed by atoms with Gasteiger partial charge in [0.1, 0.15) is 15.0 Å². The first kappa shape index (κ1) is 19.6. The van der Waals surface area contributed by atoms with Gasteiger partial charge in [0.2, 0.25) is 0 Å². The number of allylic oxidation sites excluding steroid dienone is 1. The van der Waals surface area contributed by atoms with Crippen molar-refractivity contribution >= 4 is 52.1 Å². The number of carbonyl (C=O) groups excluding carboxylic acids is 2. The molecule has 0 aliphatic carbocycles. The Balaban J connectivity index is 2.47. The van der Waals surface area contributed by atoms with Crippen molar-refractivity contribution in [1.82, 2.24) is 4.57 Å². The maximum Gasteiger partial charge on any atom is 0.338 e. The number of methoxy groups -OCH3 is 1. The van der Waals surface area contributed by atoms with Crippen LogP contribution < -0.4 is 20.5 Å². The van der Waals surface area contributed by atoms with Crippen LogP contribution in [-0.2, 0) is 19.1 Å². The van der Waals surface area contributed by atoms with E-state index >= 15 is 0 Å². The molecular weight excluding hydrogens is 402 g/mol. The molecule has 3 heterocycles. The lowest BCUT2D eigenvalue weighted by Crippen LogP contribution is -2.40. The van der Waals surface area contributed by atoms with Gasteiger partial charge in [-0.15, -0.1) is 22.7 Å². The highest BCUT2D eigenvalue weighted by Crippen LogP contribution is 2.38. The minimum atomic E-state index is -0.756. The zero-order valence-corrected chi connectivity index (χ0v) is 16.6. The van der Waals surface area contributed by atoms with Gasteiger partial charge in [0, 0.05) is 11.0 Å². The normalized spacial score (nSPS) is 16.5. The van der Waals surface area contributed by atoms with Gasteiger partial charge in [-0.2, -0.15) is 5.26 Å². The zero-order chi connectivity index (χ0) is 20.4. The van der Waals surface area contributed by atoms with E-state index in [2.05, 4.69) is 4.74 Å². The first-order valence-corrected chi connectivity index (χ1v) is 9.80. The third-order valence-electron chi connectivity index (χ3n) is 4.04. The lowest BCUT2D eigenvalue weighted by molar-refractivity contribution is -0.136. The van der Waals surface area contributed by atoms with E-state index in [0.717, 1.165) is 22.0 Å². The van der Waals surface area contributed by atoms with Gasteiger partial charge in [-0.25, -0.2) is 9.59 Å². The second-order valence-electron chi connectivity index (χ2n) is 5.57. The van der Waals surface area contributed by atoms with Gasteiger partial charge >= 0.3 is 11.9 Å². The largest absolute Gasteiger partial charge is 0.466 e. The van der Waals surface area contributed by atoms with E-state index in [-0.39, 0.29) is 32.8 Å². The number of rotatable bonds is 4. The standard InChI is InChI=1S/C18H15N3O5S2/c1-3-26-18(24)14-13(10-5-4-6-27-10)9(8-19)15(20)21-16(23)11(28-17(14)21)7-12(22)25-2/h4-7,13H,3,20H2,1-2H3/b11-7-/t13-/m0/s1. The summed E-state index contributed by atoms with van der Waals surface area (Å²) in [6.45, 7) is 1.78. The number of esters is 2. The minimum Gasteiger partial charge on any atom is -0.466 e. The number of nitrogens with zero attached hydrogens (tertiary/aromatic N) is 2. The van der Waals surface area contributed by atoms with Gasteiger partial charge in [0.25, 0.3) is 5.56 Å². The average molecular weight is 417 g/mol. The van der Waals surface area contributed by atoms with Crippen LogP contribution in [0, 0.1) is 11.3 Å². The molecule has 1 atom stereocenters. The fourth-order valence-electron chi connectivity index (χ4n) is 2.86. The summed E-state index contributed by atoms with van der Waals surface area (Å²) < 4.78 is 11.1. The Kier molecular flexibility index (Phi) is 5.48. The van der Waals surface area contributed by atoms with Crippen molar-refractivity contribution in [2.24, 2.45) is 5.73 Å². The van der Waals surface area contributed by atoms with Crippen LogP contribution in [0.1, 0.15) is 17.7 Å². The van der Waals surface area contributed by atoms with E-state index in [1.54, 1.807) is 19.1 Å². The molecule has 2 N–H and O–H groups in total. The van der Waals surface area contributed by atoms with E-state index in [4.69, 9.17) is 10.5 Å². The first-order valence-electron chi connectivity index (χ1n) is 8.10. The number of nitrogens with two attached hydrogens (primary N) is 1. The van der Waals surface area contributed by atoms with Crippen LogP contribution in [0.5, 0.6) is 0 Å². The molecule has 0 unspecified atom stereocenters. The molecule has 0 saturated heterocycles. The number of hydrogen-bond donors (Lipinski definition) is 1. The fourth-order valence-corrected chi connectivity index (χ4v) is 4.83. The van der Waals surface area contributed by atoms with Crippen LogP contribution in [0.4, 0.5) is 0 Å². The summed E-state index contributed by atoms with van der Waals surface area (Å²) in [5.74, 6) is -2.20. The van der Waals surface area contributed by atoms with Crippen LogP contribution in [-0.4, -0.2) is 30.2 Å². The molecule has 8 nitrogen and oxygen atoms in total. The molecule has 10 heteroatoms. The molecule has 0 aromatic carbocycles. The number of nitriles is 1. The van der Waals surface area contributed by atoms with Crippen molar-refractivity contribution in [3.05, 3.63) is 47.5 Å².